The van der Waals surface area contributed by atoms with E-state index in [1.165, 1.54) is 8.61 Å². The highest BCUT2D eigenvalue weighted by Gasteiger charge is 2.39. The lowest BCUT2D eigenvalue weighted by Gasteiger charge is -2.28. The molecule has 0 aromatic heterocycles. The summed E-state index contributed by atoms with van der Waals surface area (Å²) in [5, 5.41) is 21.5. The minimum atomic E-state index is -4.08. The van der Waals surface area contributed by atoms with E-state index in [-0.39, 0.29) is 26.2 Å². The molecule has 0 bridgehead atoms. The zero-order valence-electron chi connectivity index (χ0n) is 23.1. The van der Waals surface area contributed by atoms with E-state index in [0.29, 0.717) is 0 Å². The Morgan fingerprint density at radius 3 is 1.37 bits per heavy atom. The molecule has 1 aliphatic heterocycles. The van der Waals surface area contributed by atoms with Crippen molar-refractivity contribution in [2.45, 2.75) is 25.3 Å². The number of methoxy groups -OCH3 is 2. The maximum Gasteiger partial charge on any atom is 0.282 e. The molecule has 2 N–H and O–H groups in total. The first kappa shape index (κ1) is 28.8. The Labute approximate surface area is 241 Å². The molecular weight excluding hydrogens is 540 g/mol. The van der Waals surface area contributed by atoms with Crippen molar-refractivity contribution in [3.8, 4) is 33.8 Å². The lowest BCUT2D eigenvalue weighted by atomic mass is 9.99. The molecule has 4 aromatic rings. The van der Waals surface area contributed by atoms with Gasteiger partial charge in [0, 0.05) is 26.2 Å². The van der Waals surface area contributed by atoms with Gasteiger partial charge in [0.2, 0.25) is 0 Å². The molecule has 2 atom stereocenters. The Morgan fingerprint density at radius 1 is 0.634 bits per heavy atom. The molecule has 1 aliphatic rings. The maximum atomic E-state index is 14.1. The molecule has 0 spiro atoms. The number of hydrogen-bond donors (Lipinski definition) is 2. The largest absolute Gasteiger partial charge is 0.497 e. The van der Waals surface area contributed by atoms with Crippen molar-refractivity contribution < 1.29 is 28.1 Å². The average molecular weight is 575 g/mol. The topological polar surface area (TPSA) is 99.5 Å². The van der Waals surface area contributed by atoms with Gasteiger partial charge in [-0.2, -0.15) is 17.0 Å². The summed E-state index contributed by atoms with van der Waals surface area (Å²) in [5.41, 5.74) is 5.15. The van der Waals surface area contributed by atoms with Crippen molar-refractivity contribution in [1.29, 1.82) is 0 Å². The Kier molecular flexibility index (Phi) is 8.72. The number of nitrogens with zero attached hydrogens (tertiary/aromatic N) is 2. The first-order valence-corrected chi connectivity index (χ1v) is 14.8. The van der Waals surface area contributed by atoms with Crippen LogP contribution < -0.4 is 9.47 Å². The van der Waals surface area contributed by atoms with E-state index < -0.39 is 22.4 Å². The number of aliphatic hydroxyl groups is 2. The summed E-state index contributed by atoms with van der Waals surface area (Å²) in [7, 11) is -0.865. The van der Waals surface area contributed by atoms with Crippen molar-refractivity contribution in [3.63, 3.8) is 0 Å². The molecule has 0 saturated carbocycles. The van der Waals surface area contributed by atoms with Crippen LogP contribution in [-0.2, 0) is 23.3 Å². The number of aliphatic hydroxyl groups excluding tert-OH is 2. The standard InChI is InChI=1S/C32H34N2O6S/c1-39-27-15-11-23(12-16-27)29-9-5-3-7-25(29)19-33-21-31(35)32(36)22-34(41(33,37)38)20-26-8-4-6-10-30(26)24-13-17-28(40-2)18-14-24/h3-18,31-32,35-36H,19-22H2,1-2H3/t31-,32-/m0/s1. The fourth-order valence-corrected chi connectivity index (χ4v) is 6.72. The van der Waals surface area contributed by atoms with Gasteiger partial charge in [0.15, 0.2) is 0 Å². The van der Waals surface area contributed by atoms with Gasteiger partial charge in [0.05, 0.1) is 26.4 Å². The van der Waals surface area contributed by atoms with Crippen LogP contribution >= 0.6 is 0 Å². The zero-order chi connectivity index (χ0) is 29.0. The van der Waals surface area contributed by atoms with Crippen LogP contribution in [0.4, 0.5) is 0 Å². The fourth-order valence-electron chi connectivity index (χ4n) is 5.11. The van der Waals surface area contributed by atoms with Crippen LogP contribution in [0.2, 0.25) is 0 Å². The molecule has 0 unspecified atom stereocenters. The number of β-amino-alcohol motifs (C(OH)–C–C–N with tert-alkyl or cyclic N) is 2. The lowest BCUT2D eigenvalue weighted by molar-refractivity contribution is 0.00890. The summed E-state index contributed by atoms with van der Waals surface area (Å²) in [4.78, 5) is 0. The summed E-state index contributed by atoms with van der Waals surface area (Å²) in [6.07, 6.45) is -2.47. The minimum Gasteiger partial charge on any atom is -0.497 e. The normalized spacial score (nSPS) is 19.4. The SMILES string of the molecule is COc1ccc(-c2ccccc2CN2C[C@H](O)[C@@H](O)CN(Cc3ccccc3-c3ccc(OC)cc3)S2(=O)=O)cc1. The third kappa shape index (κ3) is 6.29. The Hall–Kier alpha value is -3.73. The summed E-state index contributed by atoms with van der Waals surface area (Å²) in [5.74, 6) is 1.45. The van der Waals surface area contributed by atoms with Crippen LogP contribution in [0.1, 0.15) is 11.1 Å². The van der Waals surface area contributed by atoms with E-state index in [1.54, 1.807) is 14.2 Å². The van der Waals surface area contributed by atoms with Gasteiger partial charge in [-0.3, -0.25) is 0 Å². The first-order valence-electron chi connectivity index (χ1n) is 13.4. The van der Waals surface area contributed by atoms with Gasteiger partial charge in [-0.15, -0.1) is 0 Å². The lowest BCUT2D eigenvalue weighted by Crippen LogP contribution is -2.42. The fraction of sp³-hybridized carbons (Fsp3) is 0.250. The summed E-state index contributed by atoms with van der Waals surface area (Å²) in [6, 6.07) is 30.3. The van der Waals surface area contributed by atoms with Gasteiger partial charge in [0.1, 0.15) is 11.5 Å². The molecule has 0 amide bonds. The van der Waals surface area contributed by atoms with Gasteiger partial charge in [-0.1, -0.05) is 72.8 Å². The smallest absolute Gasteiger partial charge is 0.282 e. The third-order valence-corrected chi connectivity index (χ3v) is 9.27. The second-order valence-electron chi connectivity index (χ2n) is 10.00. The Morgan fingerprint density at radius 2 is 1.00 bits per heavy atom. The monoisotopic (exact) mass is 574 g/mol. The highest BCUT2D eigenvalue weighted by molar-refractivity contribution is 7.86. The molecule has 214 valence electrons. The second kappa shape index (κ2) is 12.4. The van der Waals surface area contributed by atoms with Gasteiger partial charge in [-0.05, 0) is 57.6 Å². The molecule has 0 radical (unpaired) electrons. The van der Waals surface area contributed by atoms with E-state index >= 15 is 0 Å². The predicted molar refractivity (Wildman–Crippen MR) is 159 cm³/mol. The Bertz CT molecular complexity index is 1460. The van der Waals surface area contributed by atoms with Gasteiger partial charge in [-0.25, -0.2) is 0 Å². The molecule has 41 heavy (non-hydrogen) atoms. The summed E-state index contributed by atoms with van der Waals surface area (Å²) in [6.45, 7) is -0.385. The maximum absolute atomic E-state index is 14.1. The first-order chi connectivity index (χ1) is 19.8. The summed E-state index contributed by atoms with van der Waals surface area (Å²) >= 11 is 0. The molecule has 8 nitrogen and oxygen atoms in total. The van der Waals surface area contributed by atoms with E-state index in [9.17, 15) is 18.6 Å². The average Bonchev–Trinajstić information content (AvgIpc) is 3.07. The molecule has 1 saturated heterocycles. The van der Waals surface area contributed by atoms with Crippen LogP contribution in [0.5, 0.6) is 11.5 Å². The molecule has 9 heteroatoms. The van der Waals surface area contributed by atoms with Crippen LogP contribution in [-0.4, -0.2) is 66.8 Å². The van der Waals surface area contributed by atoms with Gasteiger partial charge >= 0.3 is 0 Å². The number of ether oxygens (including phenoxy) is 2. The highest BCUT2D eigenvalue weighted by atomic mass is 32.2. The molecule has 5 rings (SSSR count). The van der Waals surface area contributed by atoms with Gasteiger partial charge in [0.25, 0.3) is 10.2 Å². The van der Waals surface area contributed by atoms with E-state index in [1.807, 2.05) is 97.1 Å². The number of hydrogen-bond acceptors (Lipinski definition) is 6. The van der Waals surface area contributed by atoms with Crippen LogP contribution in [0.3, 0.4) is 0 Å². The number of rotatable bonds is 8. The molecule has 4 aromatic carbocycles. The predicted octanol–water partition coefficient (Wildman–Crippen LogP) is 4.32. The van der Waals surface area contributed by atoms with E-state index in [2.05, 4.69) is 0 Å². The Balaban J connectivity index is 1.47. The van der Waals surface area contributed by atoms with Crippen molar-refractivity contribution in [2.24, 2.45) is 0 Å². The van der Waals surface area contributed by atoms with Crippen molar-refractivity contribution >= 4 is 10.2 Å². The van der Waals surface area contributed by atoms with Crippen molar-refractivity contribution in [1.82, 2.24) is 8.61 Å². The van der Waals surface area contributed by atoms with E-state index in [4.69, 9.17) is 9.47 Å². The van der Waals surface area contributed by atoms with Crippen LogP contribution in [0.15, 0.2) is 97.1 Å². The van der Waals surface area contributed by atoms with Crippen molar-refractivity contribution in [2.75, 3.05) is 27.3 Å². The zero-order valence-corrected chi connectivity index (χ0v) is 23.9. The third-order valence-electron chi connectivity index (χ3n) is 7.41. The van der Waals surface area contributed by atoms with Gasteiger partial charge < -0.3 is 19.7 Å². The minimum absolute atomic E-state index is 0.0327. The van der Waals surface area contributed by atoms with Crippen LogP contribution in [0, 0.1) is 0 Å². The van der Waals surface area contributed by atoms with E-state index in [0.717, 1.165) is 44.9 Å². The molecular formula is C32H34N2O6S. The second-order valence-corrected chi connectivity index (χ2v) is 11.9. The molecule has 1 heterocycles. The van der Waals surface area contributed by atoms with Crippen LogP contribution in [0.25, 0.3) is 22.3 Å². The number of benzene rings is 4. The molecule has 1 fully saturated rings. The summed E-state index contributed by atoms with van der Waals surface area (Å²) < 4.78 is 41.3. The molecule has 0 aliphatic carbocycles. The quantitative estimate of drug-likeness (QED) is 0.325. The van der Waals surface area contributed by atoms with Crippen molar-refractivity contribution in [3.05, 3.63) is 108 Å². The highest BCUT2D eigenvalue weighted by Crippen LogP contribution is 2.31.